The van der Waals surface area contributed by atoms with Gasteiger partial charge in [-0.05, 0) is 36.6 Å². The van der Waals surface area contributed by atoms with Gasteiger partial charge in [-0.3, -0.25) is 4.79 Å². The van der Waals surface area contributed by atoms with Crippen LogP contribution in [0.5, 0.6) is 5.75 Å². The Kier molecular flexibility index (Phi) is 6.30. The Balaban J connectivity index is 1.44. The van der Waals surface area contributed by atoms with Crippen molar-refractivity contribution < 1.29 is 19.1 Å². The summed E-state index contributed by atoms with van der Waals surface area (Å²) in [6.07, 6.45) is 1.10. The number of hydrogen-bond donors (Lipinski definition) is 1. The highest BCUT2D eigenvalue weighted by Gasteiger charge is 2.25. The van der Waals surface area contributed by atoms with Crippen LogP contribution >= 0.6 is 0 Å². The number of piperidine rings is 1. The molecule has 1 fully saturated rings. The largest absolute Gasteiger partial charge is 0.497 e. The van der Waals surface area contributed by atoms with Crippen LogP contribution in [0.15, 0.2) is 54.6 Å². The van der Waals surface area contributed by atoms with Crippen LogP contribution in [-0.2, 0) is 11.3 Å². The minimum atomic E-state index is -0.309. The van der Waals surface area contributed by atoms with Gasteiger partial charge in [0, 0.05) is 24.7 Å². The fourth-order valence-electron chi connectivity index (χ4n) is 3.05. The molecule has 2 amide bonds. The second-order valence-corrected chi connectivity index (χ2v) is 6.51. The van der Waals surface area contributed by atoms with Gasteiger partial charge in [0.1, 0.15) is 12.4 Å². The van der Waals surface area contributed by atoms with E-state index in [0.717, 1.165) is 5.56 Å². The molecule has 2 aromatic rings. The molecule has 0 saturated carbocycles. The molecular formula is C21H24N2O4. The quantitative estimate of drug-likeness (QED) is 0.880. The summed E-state index contributed by atoms with van der Waals surface area (Å²) in [5.41, 5.74) is 1.53. The number of carbonyl (C=O) groups excluding carboxylic acids is 2. The summed E-state index contributed by atoms with van der Waals surface area (Å²) < 4.78 is 10.5. The molecule has 1 saturated heterocycles. The van der Waals surface area contributed by atoms with E-state index in [0.29, 0.717) is 37.2 Å². The van der Waals surface area contributed by atoms with Gasteiger partial charge in [0.25, 0.3) is 5.91 Å². The molecule has 0 unspecified atom stereocenters. The third kappa shape index (κ3) is 5.23. The van der Waals surface area contributed by atoms with E-state index in [2.05, 4.69) is 5.32 Å². The van der Waals surface area contributed by atoms with Gasteiger partial charge in [-0.1, -0.05) is 36.4 Å². The van der Waals surface area contributed by atoms with E-state index in [-0.39, 0.29) is 24.6 Å². The van der Waals surface area contributed by atoms with Crippen molar-refractivity contribution in [2.45, 2.75) is 25.5 Å². The second kappa shape index (κ2) is 9.07. The Morgan fingerprint density at radius 1 is 1.07 bits per heavy atom. The number of ether oxygens (including phenoxy) is 2. The minimum absolute atomic E-state index is 0.0434. The molecule has 0 atom stereocenters. The van der Waals surface area contributed by atoms with E-state index in [4.69, 9.17) is 9.47 Å². The van der Waals surface area contributed by atoms with Crippen molar-refractivity contribution >= 4 is 12.0 Å². The van der Waals surface area contributed by atoms with Gasteiger partial charge in [0.2, 0.25) is 0 Å². The first kappa shape index (κ1) is 18.8. The van der Waals surface area contributed by atoms with Crippen LogP contribution in [0.3, 0.4) is 0 Å². The summed E-state index contributed by atoms with van der Waals surface area (Å²) in [7, 11) is 1.57. The van der Waals surface area contributed by atoms with Crippen molar-refractivity contribution in [2.24, 2.45) is 0 Å². The highest BCUT2D eigenvalue weighted by molar-refractivity contribution is 5.94. The SMILES string of the molecule is COc1cccc(C(=O)NC2CCN(C(=O)OCc3ccccc3)CC2)c1. The second-order valence-electron chi connectivity index (χ2n) is 6.51. The topological polar surface area (TPSA) is 67.9 Å². The zero-order chi connectivity index (χ0) is 19.1. The zero-order valence-corrected chi connectivity index (χ0v) is 15.4. The first-order valence-electron chi connectivity index (χ1n) is 9.06. The van der Waals surface area contributed by atoms with Gasteiger partial charge in [-0.15, -0.1) is 0 Å². The summed E-state index contributed by atoms with van der Waals surface area (Å²) in [6, 6.07) is 16.7. The average molecular weight is 368 g/mol. The van der Waals surface area contributed by atoms with Crippen LogP contribution in [0, 0.1) is 0 Å². The predicted molar refractivity (Wildman–Crippen MR) is 102 cm³/mol. The molecule has 1 heterocycles. The maximum Gasteiger partial charge on any atom is 0.410 e. The van der Waals surface area contributed by atoms with Crippen molar-refractivity contribution in [3.8, 4) is 5.75 Å². The van der Waals surface area contributed by atoms with E-state index in [1.807, 2.05) is 30.3 Å². The smallest absolute Gasteiger partial charge is 0.410 e. The van der Waals surface area contributed by atoms with Crippen LogP contribution < -0.4 is 10.1 Å². The van der Waals surface area contributed by atoms with E-state index >= 15 is 0 Å². The zero-order valence-electron chi connectivity index (χ0n) is 15.4. The highest BCUT2D eigenvalue weighted by atomic mass is 16.6. The summed E-state index contributed by atoms with van der Waals surface area (Å²) in [4.78, 5) is 26.3. The summed E-state index contributed by atoms with van der Waals surface area (Å²) in [6.45, 7) is 1.40. The lowest BCUT2D eigenvalue weighted by Gasteiger charge is -2.31. The summed E-state index contributed by atoms with van der Waals surface area (Å²) in [5.74, 6) is 0.526. The number of rotatable bonds is 5. The number of amides is 2. The molecule has 6 nitrogen and oxygen atoms in total. The molecule has 1 aliphatic heterocycles. The molecule has 0 spiro atoms. The number of hydrogen-bond acceptors (Lipinski definition) is 4. The third-order valence-corrected chi connectivity index (χ3v) is 4.63. The Bertz CT molecular complexity index is 771. The molecule has 2 aromatic carbocycles. The predicted octanol–water partition coefficient (Wildman–Crippen LogP) is 3.23. The Hall–Kier alpha value is -3.02. The molecular weight excluding hydrogens is 344 g/mol. The van der Waals surface area contributed by atoms with Crippen molar-refractivity contribution in [3.63, 3.8) is 0 Å². The van der Waals surface area contributed by atoms with E-state index < -0.39 is 0 Å². The van der Waals surface area contributed by atoms with Gasteiger partial charge in [0.15, 0.2) is 0 Å². The van der Waals surface area contributed by atoms with E-state index in [1.165, 1.54) is 0 Å². The first-order chi connectivity index (χ1) is 13.2. The van der Waals surface area contributed by atoms with Crippen LogP contribution in [0.1, 0.15) is 28.8 Å². The standard InChI is InChI=1S/C21H24N2O4/c1-26-19-9-5-8-17(14-19)20(24)22-18-10-12-23(13-11-18)21(25)27-15-16-6-3-2-4-7-16/h2-9,14,18H,10-13,15H2,1H3,(H,22,24). The van der Waals surface area contributed by atoms with Crippen LogP contribution in [0.2, 0.25) is 0 Å². The van der Waals surface area contributed by atoms with Crippen molar-refractivity contribution in [1.29, 1.82) is 0 Å². The van der Waals surface area contributed by atoms with Crippen molar-refractivity contribution in [3.05, 3.63) is 65.7 Å². The number of nitrogens with one attached hydrogen (secondary N) is 1. The van der Waals surface area contributed by atoms with Gasteiger partial charge in [-0.2, -0.15) is 0 Å². The lowest BCUT2D eigenvalue weighted by atomic mass is 10.0. The molecule has 27 heavy (non-hydrogen) atoms. The number of carbonyl (C=O) groups is 2. The van der Waals surface area contributed by atoms with Crippen LogP contribution in [-0.4, -0.2) is 43.1 Å². The van der Waals surface area contributed by atoms with E-state index in [9.17, 15) is 9.59 Å². The molecule has 6 heteroatoms. The van der Waals surface area contributed by atoms with Gasteiger partial charge in [0.05, 0.1) is 7.11 Å². The normalized spacial score (nSPS) is 14.5. The fraction of sp³-hybridized carbons (Fsp3) is 0.333. The number of methoxy groups -OCH3 is 1. The first-order valence-corrected chi connectivity index (χ1v) is 9.06. The number of likely N-dealkylation sites (tertiary alicyclic amines) is 1. The molecule has 142 valence electrons. The Morgan fingerprint density at radius 2 is 1.81 bits per heavy atom. The molecule has 0 radical (unpaired) electrons. The molecule has 0 aliphatic carbocycles. The highest BCUT2D eigenvalue weighted by Crippen LogP contribution is 2.15. The van der Waals surface area contributed by atoms with Gasteiger partial charge in [-0.25, -0.2) is 4.79 Å². The van der Waals surface area contributed by atoms with E-state index in [1.54, 1.807) is 36.3 Å². The fourth-order valence-corrected chi connectivity index (χ4v) is 3.05. The minimum Gasteiger partial charge on any atom is -0.497 e. The molecule has 0 aromatic heterocycles. The van der Waals surface area contributed by atoms with Gasteiger partial charge >= 0.3 is 6.09 Å². The average Bonchev–Trinajstić information content (AvgIpc) is 2.73. The molecule has 0 bridgehead atoms. The maximum absolute atomic E-state index is 12.4. The third-order valence-electron chi connectivity index (χ3n) is 4.63. The van der Waals surface area contributed by atoms with Crippen molar-refractivity contribution in [1.82, 2.24) is 10.2 Å². The Labute approximate surface area is 159 Å². The van der Waals surface area contributed by atoms with Crippen LogP contribution in [0.25, 0.3) is 0 Å². The Morgan fingerprint density at radius 3 is 2.52 bits per heavy atom. The molecule has 3 rings (SSSR count). The maximum atomic E-state index is 12.4. The summed E-state index contributed by atoms with van der Waals surface area (Å²) >= 11 is 0. The lowest BCUT2D eigenvalue weighted by molar-refractivity contribution is 0.0809. The molecule has 1 N–H and O–H groups in total. The van der Waals surface area contributed by atoms with Gasteiger partial charge < -0.3 is 19.7 Å². The lowest BCUT2D eigenvalue weighted by Crippen LogP contribution is -2.46. The molecule has 1 aliphatic rings. The van der Waals surface area contributed by atoms with Crippen molar-refractivity contribution in [2.75, 3.05) is 20.2 Å². The number of nitrogens with zero attached hydrogens (tertiary/aromatic N) is 1. The monoisotopic (exact) mass is 368 g/mol. The van der Waals surface area contributed by atoms with Crippen LogP contribution in [0.4, 0.5) is 4.79 Å². The number of benzene rings is 2. The summed E-state index contributed by atoms with van der Waals surface area (Å²) in [5, 5.41) is 3.03.